The van der Waals surface area contributed by atoms with Gasteiger partial charge in [0.05, 0.1) is 0 Å². The summed E-state index contributed by atoms with van der Waals surface area (Å²) >= 11 is 0. The topological polar surface area (TPSA) is 39.4 Å². The summed E-state index contributed by atoms with van der Waals surface area (Å²) in [6.07, 6.45) is 0. The molecule has 3 heteroatoms. The van der Waals surface area contributed by atoms with Gasteiger partial charge in [0.1, 0.15) is 11.2 Å². The van der Waals surface area contributed by atoms with Gasteiger partial charge in [-0.25, -0.2) is 0 Å². The molecule has 0 unspecified atom stereocenters. The Labute approximate surface area is 131 Å². The van der Waals surface area contributed by atoms with Gasteiger partial charge in [-0.3, -0.25) is 9.15 Å². The summed E-state index contributed by atoms with van der Waals surface area (Å²) in [6.45, 7) is 0. The number of hydrogen-bond acceptors (Lipinski definition) is 3. The summed E-state index contributed by atoms with van der Waals surface area (Å²) < 4.78 is 17.5. The maximum Gasteiger partial charge on any atom is 0.186 e. The van der Waals surface area contributed by atoms with Crippen LogP contribution in [0.5, 0.6) is 0 Å². The molecule has 6 aromatic rings. The molecule has 0 fully saturated rings. The summed E-state index contributed by atoms with van der Waals surface area (Å²) in [6, 6.07) is 23.5. The molecule has 0 aliphatic carbocycles. The van der Waals surface area contributed by atoms with Crippen LogP contribution in [0.4, 0.5) is 0 Å². The Morgan fingerprint density at radius 1 is 0.391 bits per heavy atom. The first kappa shape index (κ1) is 12.4. The van der Waals surface area contributed by atoms with Crippen LogP contribution in [0.15, 0.2) is 86.4 Å². The Morgan fingerprint density at radius 2 is 0.739 bits per heavy atom. The van der Waals surface area contributed by atoms with E-state index in [0.29, 0.717) is 11.2 Å². The van der Waals surface area contributed by atoms with E-state index in [9.17, 15) is 0 Å². The van der Waals surface area contributed by atoms with Gasteiger partial charge in [0.15, 0.2) is 11.2 Å². The lowest BCUT2D eigenvalue weighted by Gasteiger charge is -2.00. The van der Waals surface area contributed by atoms with E-state index in [2.05, 4.69) is 0 Å². The Kier molecular flexibility index (Phi) is 2.50. The molecule has 0 amide bonds. The van der Waals surface area contributed by atoms with Crippen LogP contribution >= 0.6 is 0 Å². The predicted molar refractivity (Wildman–Crippen MR) is 90.9 cm³/mol. The second-order valence-electron chi connectivity index (χ2n) is 5.48. The van der Waals surface area contributed by atoms with Crippen LogP contribution in [0.25, 0.3) is 43.9 Å². The second-order valence-corrected chi connectivity index (χ2v) is 5.48. The molecule has 4 aromatic carbocycles. The number of rotatable bonds is 0. The lowest BCUT2D eigenvalue weighted by Crippen LogP contribution is -1.75. The van der Waals surface area contributed by atoms with Gasteiger partial charge in [-0.15, -0.1) is 0 Å². The van der Waals surface area contributed by atoms with Crippen LogP contribution in [-0.2, 0) is 0 Å². The zero-order chi connectivity index (χ0) is 15.2. The quantitative estimate of drug-likeness (QED) is 0.319. The molecule has 0 radical (unpaired) electrons. The molecule has 23 heavy (non-hydrogen) atoms. The van der Waals surface area contributed by atoms with Crippen molar-refractivity contribution < 1.29 is 13.6 Å². The summed E-state index contributed by atoms with van der Waals surface area (Å²) in [4.78, 5) is 0. The average molecular weight is 300 g/mol. The lowest BCUT2D eigenvalue weighted by atomic mass is 10.1. The van der Waals surface area contributed by atoms with E-state index in [1.54, 1.807) is 0 Å². The van der Waals surface area contributed by atoms with Crippen molar-refractivity contribution >= 4 is 43.9 Å². The van der Waals surface area contributed by atoms with Crippen LogP contribution in [0.3, 0.4) is 0 Å². The minimum atomic E-state index is 0.668. The lowest BCUT2D eigenvalue weighted by molar-refractivity contribution is 0.0913. The van der Waals surface area contributed by atoms with Crippen molar-refractivity contribution in [3.05, 3.63) is 72.8 Å². The van der Waals surface area contributed by atoms with E-state index in [1.807, 2.05) is 72.8 Å². The molecule has 2 aromatic heterocycles. The molecule has 0 saturated heterocycles. The zero-order valence-electron chi connectivity index (χ0n) is 12.2. The van der Waals surface area contributed by atoms with Gasteiger partial charge < -0.3 is 4.42 Å². The van der Waals surface area contributed by atoms with Crippen LogP contribution in [0.2, 0.25) is 0 Å². The van der Waals surface area contributed by atoms with Gasteiger partial charge in [0, 0.05) is 21.5 Å². The van der Waals surface area contributed by atoms with Crippen molar-refractivity contribution in [2.45, 2.75) is 0 Å². The molecule has 3 nitrogen and oxygen atoms in total. The van der Waals surface area contributed by atoms with Gasteiger partial charge in [-0.2, -0.15) is 0 Å². The normalized spacial score (nSPS) is 11.5. The zero-order valence-corrected chi connectivity index (χ0v) is 12.2. The molecule has 0 saturated carbocycles. The molecule has 6 rings (SSSR count). The fraction of sp³-hybridized carbons (Fsp3) is 0. The summed E-state index contributed by atoms with van der Waals surface area (Å²) in [5.74, 6) is 0. The SMILES string of the molecule is c1ccc2c3ccc(ooc4ccc(o3)c3ccccc43)c2c1. The summed E-state index contributed by atoms with van der Waals surface area (Å²) in [7, 11) is 0. The first-order valence-corrected chi connectivity index (χ1v) is 7.46. The number of fused-ring (bicyclic) bond motifs is 3. The smallest absolute Gasteiger partial charge is 0.186 e. The van der Waals surface area contributed by atoms with Crippen molar-refractivity contribution in [2.75, 3.05) is 0 Å². The fourth-order valence-corrected chi connectivity index (χ4v) is 3.02. The fourth-order valence-electron chi connectivity index (χ4n) is 3.02. The molecule has 110 valence electrons. The highest BCUT2D eigenvalue weighted by Gasteiger charge is 2.06. The van der Waals surface area contributed by atoms with Crippen LogP contribution in [0, 0.1) is 0 Å². The van der Waals surface area contributed by atoms with Crippen LogP contribution in [-0.4, -0.2) is 0 Å². The van der Waals surface area contributed by atoms with E-state index in [0.717, 1.165) is 32.7 Å². The first-order chi connectivity index (χ1) is 11.4. The van der Waals surface area contributed by atoms with E-state index >= 15 is 0 Å². The monoisotopic (exact) mass is 300 g/mol. The van der Waals surface area contributed by atoms with Crippen molar-refractivity contribution in [2.24, 2.45) is 0 Å². The Hall–Kier alpha value is -3.20. The minimum absolute atomic E-state index is 0.668. The molecular weight excluding hydrogens is 288 g/mol. The molecular formula is C20H12O3. The third-order valence-electron chi connectivity index (χ3n) is 4.13. The highest BCUT2D eigenvalue weighted by atomic mass is 17.0. The second kappa shape index (κ2) is 4.65. The average Bonchev–Trinajstić information content (AvgIpc) is 2.70. The third kappa shape index (κ3) is 1.83. The number of benzene rings is 4. The Morgan fingerprint density at radius 3 is 1.17 bits per heavy atom. The van der Waals surface area contributed by atoms with E-state index in [1.165, 1.54) is 0 Å². The Balaban J connectivity index is 2.17. The highest BCUT2D eigenvalue weighted by Crippen LogP contribution is 2.29. The van der Waals surface area contributed by atoms with E-state index in [-0.39, 0.29) is 0 Å². The molecule has 2 heterocycles. The first-order valence-electron chi connectivity index (χ1n) is 7.46. The van der Waals surface area contributed by atoms with Crippen LogP contribution < -0.4 is 0 Å². The van der Waals surface area contributed by atoms with Gasteiger partial charge in [0.25, 0.3) is 0 Å². The molecule has 0 spiro atoms. The molecule has 4 bridgehead atoms. The minimum Gasteiger partial charge on any atom is -0.456 e. The van der Waals surface area contributed by atoms with Gasteiger partial charge >= 0.3 is 0 Å². The largest absolute Gasteiger partial charge is 0.456 e. The maximum atomic E-state index is 6.23. The summed E-state index contributed by atoms with van der Waals surface area (Å²) in [5.41, 5.74) is 2.93. The standard InChI is InChI=1S/C20H12O3/c1-3-7-15-13(5-1)17-9-11-19(15)22-23-20-12-10-18(21-17)14-6-2-4-8-16(14)20/h1-12H. The molecule has 0 atom stereocenters. The van der Waals surface area contributed by atoms with Crippen LogP contribution in [0.1, 0.15) is 0 Å². The highest BCUT2D eigenvalue weighted by molar-refractivity contribution is 6.05. The third-order valence-corrected chi connectivity index (χ3v) is 4.13. The number of hydrogen-bond donors (Lipinski definition) is 0. The van der Waals surface area contributed by atoms with Crippen molar-refractivity contribution in [3.8, 4) is 0 Å². The Bertz CT molecular complexity index is 1120. The van der Waals surface area contributed by atoms with Gasteiger partial charge in [-0.05, 0) is 24.3 Å². The molecule has 0 aliphatic heterocycles. The predicted octanol–water partition coefficient (Wildman–Crippen LogP) is 6.20. The van der Waals surface area contributed by atoms with Crippen molar-refractivity contribution in [1.29, 1.82) is 0 Å². The molecule has 0 N–H and O–H groups in total. The molecule has 0 aliphatic rings. The van der Waals surface area contributed by atoms with Crippen molar-refractivity contribution in [1.82, 2.24) is 0 Å². The van der Waals surface area contributed by atoms with Crippen molar-refractivity contribution in [3.63, 3.8) is 0 Å². The van der Waals surface area contributed by atoms with Gasteiger partial charge in [-0.1, -0.05) is 48.5 Å². The summed E-state index contributed by atoms with van der Waals surface area (Å²) in [5, 5.41) is 3.89. The van der Waals surface area contributed by atoms with E-state index in [4.69, 9.17) is 13.6 Å². The van der Waals surface area contributed by atoms with Gasteiger partial charge in [0.2, 0.25) is 0 Å². The van der Waals surface area contributed by atoms with E-state index < -0.39 is 0 Å². The maximum absolute atomic E-state index is 6.23.